The van der Waals surface area contributed by atoms with Gasteiger partial charge in [0.2, 0.25) is 0 Å². The van der Waals surface area contributed by atoms with Gasteiger partial charge in [0, 0.05) is 0 Å². The molecule has 78 valence electrons. The quantitative estimate of drug-likeness (QED) is 0.505. The van der Waals surface area contributed by atoms with Crippen molar-refractivity contribution in [2.24, 2.45) is 0 Å². The first-order chi connectivity index (χ1) is 6.79. The Balaban J connectivity index is 2.86. The largest absolute Gasteiger partial charge is 0.490 e. The lowest BCUT2D eigenvalue weighted by atomic mass is 10.1. The minimum atomic E-state index is 0.654. The summed E-state index contributed by atoms with van der Waals surface area (Å²) >= 11 is 0. The van der Waals surface area contributed by atoms with Crippen LogP contribution in [-0.2, 0) is 9.47 Å². The van der Waals surface area contributed by atoms with E-state index < -0.39 is 0 Å². The van der Waals surface area contributed by atoms with E-state index in [0.29, 0.717) is 6.61 Å². The van der Waals surface area contributed by atoms with E-state index in [1.165, 1.54) is 0 Å². The summed E-state index contributed by atoms with van der Waals surface area (Å²) in [6.07, 6.45) is 6.04. The highest BCUT2D eigenvalue weighted by molar-refractivity contribution is 5.31. The molecule has 0 amide bonds. The van der Waals surface area contributed by atoms with Gasteiger partial charge in [0.05, 0.1) is 13.2 Å². The molecular weight excluding hydrogens is 176 g/mol. The van der Waals surface area contributed by atoms with Crippen LogP contribution in [0.2, 0.25) is 0 Å². The van der Waals surface area contributed by atoms with Crippen molar-refractivity contribution in [1.82, 2.24) is 0 Å². The minimum absolute atomic E-state index is 0.654. The number of hydrogen-bond acceptors (Lipinski definition) is 2. The molecule has 1 rings (SSSR count). The van der Waals surface area contributed by atoms with Crippen LogP contribution in [0.5, 0.6) is 0 Å². The molecule has 0 bridgehead atoms. The van der Waals surface area contributed by atoms with Crippen LogP contribution in [0.15, 0.2) is 35.8 Å². The van der Waals surface area contributed by atoms with Gasteiger partial charge >= 0.3 is 0 Å². The van der Waals surface area contributed by atoms with Gasteiger partial charge in [-0.2, -0.15) is 0 Å². The van der Waals surface area contributed by atoms with Crippen molar-refractivity contribution in [3.8, 4) is 0 Å². The summed E-state index contributed by atoms with van der Waals surface area (Å²) in [6.45, 7) is 9.13. The van der Waals surface area contributed by atoms with Gasteiger partial charge in [0.15, 0.2) is 11.5 Å². The Morgan fingerprint density at radius 1 is 1.71 bits per heavy atom. The van der Waals surface area contributed by atoms with Gasteiger partial charge in [0.1, 0.15) is 0 Å². The van der Waals surface area contributed by atoms with Crippen LogP contribution in [-0.4, -0.2) is 13.2 Å². The third kappa shape index (κ3) is 2.66. The molecule has 2 heteroatoms. The molecule has 0 unspecified atom stereocenters. The molecule has 0 fully saturated rings. The molecule has 0 atom stereocenters. The van der Waals surface area contributed by atoms with Crippen molar-refractivity contribution in [2.45, 2.75) is 26.7 Å². The number of ether oxygens (including phenoxy) is 2. The van der Waals surface area contributed by atoms with Gasteiger partial charge in [-0.3, -0.25) is 0 Å². The summed E-state index contributed by atoms with van der Waals surface area (Å²) in [5.74, 6) is 1.71. The van der Waals surface area contributed by atoms with Gasteiger partial charge in [-0.05, 0) is 38.3 Å². The number of hydrogen-bond donors (Lipinski definition) is 0. The van der Waals surface area contributed by atoms with Crippen molar-refractivity contribution in [3.05, 3.63) is 35.8 Å². The SMILES string of the molecule is C=C/C(C)=C(/OCC)C1=CCCCO1. The second-order valence-corrected chi connectivity index (χ2v) is 3.21. The fraction of sp³-hybridized carbons (Fsp3) is 0.500. The maximum absolute atomic E-state index is 5.55. The van der Waals surface area contributed by atoms with E-state index >= 15 is 0 Å². The fourth-order valence-electron chi connectivity index (χ4n) is 1.33. The molecule has 0 aromatic heterocycles. The van der Waals surface area contributed by atoms with Gasteiger partial charge in [0.25, 0.3) is 0 Å². The van der Waals surface area contributed by atoms with Crippen LogP contribution in [0.4, 0.5) is 0 Å². The Morgan fingerprint density at radius 3 is 3.00 bits per heavy atom. The maximum Gasteiger partial charge on any atom is 0.163 e. The summed E-state index contributed by atoms with van der Waals surface area (Å²) < 4.78 is 11.1. The third-order valence-corrected chi connectivity index (χ3v) is 2.11. The molecule has 0 saturated heterocycles. The van der Waals surface area contributed by atoms with Crippen LogP contribution in [0, 0.1) is 0 Å². The Bertz CT molecular complexity index is 261. The highest BCUT2D eigenvalue weighted by Crippen LogP contribution is 2.22. The van der Waals surface area contributed by atoms with Crippen molar-refractivity contribution >= 4 is 0 Å². The molecular formula is C12H18O2. The average Bonchev–Trinajstić information content (AvgIpc) is 2.26. The van der Waals surface area contributed by atoms with Crippen molar-refractivity contribution in [3.63, 3.8) is 0 Å². The first-order valence-electron chi connectivity index (χ1n) is 5.09. The molecule has 0 N–H and O–H groups in total. The topological polar surface area (TPSA) is 18.5 Å². The molecule has 0 aromatic rings. The van der Waals surface area contributed by atoms with E-state index in [4.69, 9.17) is 9.47 Å². The van der Waals surface area contributed by atoms with Crippen molar-refractivity contribution in [2.75, 3.05) is 13.2 Å². The summed E-state index contributed by atoms with van der Waals surface area (Å²) in [7, 11) is 0. The monoisotopic (exact) mass is 194 g/mol. The van der Waals surface area contributed by atoms with Gasteiger partial charge in [-0.1, -0.05) is 12.7 Å². The van der Waals surface area contributed by atoms with Crippen molar-refractivity contribution < 1.29 is 9.47 Å². The van der Waals surface area contributed by atoms with E-state index in [1.54, 1.807) is 6.08 Å². The molecule has 1 aliphatic heterocycles. The second kappa shape index (κ2) is 5.53. The maximum atomic E-state index is 5.55. The van der Waals surface area contributed by atoms with Gasteiger partial charge < -0.3 is 9.47 Å². The Morgan fingerprint density at radius 2 is 2.50 bits per heavy atom. The number of allylic oxidation sites excluding steroid dienone is 3. The summed E-state index contributed by atoms with van der Waals surface area (Å²) in [5.41, 5.74) is 1.03. The van der Waals surface area contributed by atoms with Crippen LogP contribution in [0.3, 0.4) is 0 Å². The fourth-order valence-corrected chi connectivity index (χ4v) is 1.33. The van der Waals surface area contributed by atoms with Crippen LogP contribution >= 0.6 is 0 Å². The van der Waals surface area contributed by atoms with E-state index in [2.05, 4.69) is 12.7 Å². The van der Waals surface area contributed by atoms with Crippen molar-refractivity contribution in [1.29, 1.82) is 0 Å². The standard InChI is InChI=1S/C12H18O2/c1-4-10(3)12(13-5-2)11-8-6-7-9-14-11/h4,8H,1,5-7,9H2,2-3H3/b12-10+. The second-order valence-electron chi connectivity index (χ2n) is 3.21. The lowest BCUT2D eigenvalue weighted by Crippen LogP contribution is -2.07. The van der Waals surface area contributed by atoms with E-state index in [-0.39, 0.29) is 0 Å². The van der Waals surface area contributed by atoms with Crippen LogP contribution in [0.25, 0.3) is 0 Å². The zero-order chi connectivity index (χ0) is 10.4. The summed E-state index contributed by atoms with van der Waals surface area (Å²) in [4.78, 5) is 0. The average molecular weight is 194 g/mol. The first kappa shape index (κ1) is 10.9. The lowest BCUT2D eigenvalue weighted by molar-refractivity contribution is 0.145. The Hall–Kier alpha value is -1.18. The summed E-state index contributed by atoms with van der Waals surface area (Å²) in [5, 5.41) is 0. The lowest BCUT2D eigenvalue weighted by Gasteiger charge is -2.18. The third-order valence-electron chi connectivity index (χ3n) is 2.11. The molecule has 0 radical (unpaired) electrons. The smallest absolute Gasteiger partial charge is 0.163 e. The predicted octanol–water partition coefficient (Wildman–Crippen LogP) is 3.18. The number of rotatable bonds is 4. The molecule has 1 aliphatic rings. The molecule has 0 aromatic carbocycles. The molecule has 2 nitrogen and oxygen atoms in total. The normalized spacial score (nSPS) is 17.7. The zero-order valence-electron chi connectivity index (χ0n) is 9.01. The summed E-state index contributed by atoms with van der Waals surface area (Å²) in [6, 6.07) is 0. The molecule has 1 heterocycles. The molecule has 0 spiro atoms. The Labute approximate surface area is 85.9 Å². The Kier molecular flexibility index (Phi) is 4.30. The van der Waals surface area contributed by atoms with E-state index in [9.17, 15) is 0 Å². The minimum Gasteiger partial charge on any atom is -0.490 e. The van der Waals surface area contributed by atoms with E-state index in [1.807, 2.05) is 13.8 Å². The molecule has 0 saturated carbocycles. The molecule has 14 heavy (non-hydrogen) atoms. The van der Waals surface area contributed by atoms with Gasteiger partial charge in [-0.25, -0.2) is 0 Å². The van der Waals surface area contributed by atoms with Crippen LogP contribution in [0.1, 0.15) is 26.7 Å². The van der Waals surface area contributed by atoms with E-state index in [0.717, 1.165) is 36.5 Å². The predicted molar refractivity (Wildman–Crippen MR) is 57.8 cm³/mol. The van der Waals surface area contributed by atoms with Crippen LogP contribution < -0.4 is 0 Å². The highest BCUT2D eigenvalue weighted by atomic mass is 16.5. The molecule has 0 aliphatic carbocycles. The highest BCUT2D eigenvalue weighted by Gasteiger charge is 2.12. The van der Waals surface area contributed by atoms with Gasteiger partial charge in [-0.15, -0.1) is 0 Å². The zero-order valence-corrected chi connectivity index (χ0v) is 9.01. The first-order valence-corrected chi connectivity index (χ1v) is 5.09.